The molecular formula is C12H17N5O2. The summed E-state index contributed by atoms with van der Waals surface area (Å²) < 4.78 is 4.48. The van der Waals surface area contributed by atoms with Gasteiger partial charge in [-0.2, -0.15) is 5.10 Å². The molecule has 2 atom stereocenters. The average Bonchev–Trinajstić information content (AvgIpc) is 2.45. The summed E-state index contributed by atoms with van der Waals surface area (Å²) in [5.41, 5.74) is 7.32. The lowest BCUT2D eigenvalue weighted by molar-refractivity contribution is 0.173. The van der Waals surface area contributed by atoms with E-state index in [0.29, 0.717) is 17.9 Å². The predicted octanol–water partition coefficient (Wildman–Crippen LogP) is 0.899. The zero-order chi connectivity index (χ0) is 13.2. The molecule has 1 aromatic heterocycles. The Morgan fingerprint density at radius 2 is 2.37 bits per heavy atom. The molecule has 0 radical (unpaired) electrons. The first-order chi connectivity index (χ1) is 9.26. The van der Waals surface area contributed by atoms with Crippen molar-refractivity contribution < 1.29 is 9.53 Å². The van der Waals surface area contributed by atoms with E-state index in [4.69, 9.17) is 0 Å². The molecule has 7 heteroatoms. The van der Waals surface area contributed by atoms with E-state index >= 15 is 0 Å². The number of nitrogens with one attached hydrogen (secondary N) is 3. The molecule has 1 saturated heterocycles. The number of hydrogen-bond acceptors (Lipinski definition) is 6. The molecule has 102 valence electrons. The Hall–Kier alpha value is -1.89. The third-order valence-corrected chi connectivity index (χ3v) is 3.68. The molecule has 2 aliphatic rings. The highest BCUT2D eigenvalue weighted by molar-refractivity contribution is 5.68. The van der Waals surface area contributed by atoms with Crippen LogP contribution >= 0.6 is 0 Å². The van der Waals surface area contributed by atoms with E-state index in [1.165, 1.54) is 25.5 Å². The van der Waals surface area contributed by atoms with Gasteiger partial charge < -0.3 is 10.1 Å². The van der Waals surface area contributed by atoms with Gasteiger partial charge in [0.25, 0.3) is 0 Å². The Bertz CT molecular complexity index is 493. The monoisotopic (exact) mass is 263 g/mol. The lowest BCUT2D eigenvalue weighted by Crippen LogP contribution is -2.43. The largest absolute Gasteiger partial charge is 0.452 e. The van der Waals surface area contributed by atoms with Crippen LogP contribution in [0.3, 0.4) is 0 Å². The number of fused-ring (bicyclic) bond motifs is 4. The number of amides is 1. The second-order valence-electron chi connectivity index (χ2n) is 4.92. The second kappa shape index (κ2) is 5.00. The highest BCUT2D eigenvalue weighted by atomic mass is 16.5. The van der Waals surface area contributed by atoms with Crippen molar-refractivity contribution in [1.82, 2.24) is 20.9 Å². The maximum atomic E-state index is 11.0. The summed E-state index contributed by atoms with van der Waals surface area (Å²) in [4.78, 5) is 11.0. The summed E-state index contributed by atoms with van der Waals surface area (Å²) >= 11 is 0. The maximum Gasteiger partial charge on any atom is 0.425 e. The standard InChI is InChI=1S/C12H17N5O2/c1-19-12(18)17-16-11-6-8-9-4-2-3-7(13-9)5-10(8)14-15-11/h6-7,9,13H,2-5H2,1H3,(H,15,16)(H,17,18). The average molecular weight is 263 g/mol. The molecule has 1 fully saturated rings. The molecule has 2 bridgehead atoms. The molecule has 2 unspecified atom stereocenters. The Morgan fingerprint density at radius 1 is 1.47 bits per heavy atom. The third-order valence-electron chi connectivity index (χ3n) is 3.68. The number of hydrogen-bond donors (Lipinski definition) is 3. The zero-order valence-electron chi connectivity index (χ0n) is 10.8. The minimum Gasteiger partial charge on any atom is -0.452 e. The lowest BCUT2D eigenvalue weighted by Gasteiger charge is -2.36. The first-order valence-corrected chi connectivity index (χ1v) is 6.49. The molecule has 3 rings (SSSR count). The zero-order valence-corrected chi connectivity index (χ0v) is 10.8. The van der Waals surface area contributed by atoms with Crippen LogP contribution in [0.2, 0.25) is 0 Å². The van der Waals surface area contributed by atoms with Gasteiger partial charge in [0, 0.05) is 18.5 Å². The van der Waals surface area contributed by atoms with Crippen LogP contribution in [0.4, 0.5) is 10.6 Å². The molecule has 0 saturated carbocycles. The topological polar surface area (TPSA) is 88.2 Å². The molecule has 0 aliphatic carbocycles. The van der Waals surface area contributed by atoms with Gasteiger partial charge in [-0.25, -0.2) is 10.2 Å². The van der Waals surface area contributed by atoms with Crippen molar-refractivity contribution in [1.29, 1.82) is 0 Å². The van der Waals surface area contributed by atoms with Gasteiger partial charge in [0.15, 0.2) is 5.82 Å². The first kappa shape index (κ1) is 12.2. The van der Waals surface area contributed by atoms with Crippen LogP contribution in [0.15, 0.2) is 6.07 Å². The van der Waals surface area contributed by atoms with Gasteiger partial charge in [-0.3, -0.25) is 5.43 Å². The number of carbonyl (C=O) groups is 1. The van der Waals surface area contributed by atoms with Gasteiger partial charge in [-0.05, 0) is 30.9 Å². The maximum absolute atomic E-state index is 11.0. The molecule has 3 heterocycles. The summed E-state index contributed by atoms with van der Waals surface area (Å²) in [5, 5.41) is 11.9. The number of piperidine rings is 1. The molecule has 0 aromatic carbocycles. The molecule has 1 aromatic rings. The van der Waals surface area contributed by atoms with E-state index in [1.54, 1.807) is 0 Å². The van der Waals surface area contributed by atoms with Crippen molar-refractivity contribution in [3.63, 3.8) is 0 Å². The number of rotatable bonds is 2. The van der Waals surface area contributed by atoms with E-state index in [1.807, 2.05) is 6.07 Å². The van der Waals surface area contributed by atoms with Gasteiger partial charge in [-0.1, -0.05) is 0 Å². The normalized spacial score (nSPS) is 24.3. The number of aromatic nitrogens is 2. The van der Waals surface area contributed by atoms with Gasteiger partial charge in [0.05, 0.1) is 12.8 Å². The van der Waals surface area contributed by atoms with Crippen LogP contribution in [-0.2, 0) is 11.2 Å². The molecule has 7 nitrogen and oxygen atoms in total. The smallest absolute Gasteiger partial charge is 0.425 e. The molecule has 2 aliphatic heterocycles. The minimum atomic E-state index is -0.560. The fraction of sp³-hybridized carbons (Fsp3) is 0.583. The summed E-state index contributed by atoms with van der Waals surface area (Å²) in [6, 6.07) is 2.83. The Balaban J connectivity index is 1.77. The van der Waals surface area contributed by atoms with Crippen molar-refractivity contribution in [2.45, 2.75) is 37.8 Å². The van der Waals surface area contributed by atoms with Crippen molar-refractivity contribution in [3.05, 3.63) is 17.3 Å². The van der Waals surface area contributed by atoms with Crippen LogP contribution in [0.5, 0.6) is 0 Å². The van der Waals surface area contributed by atoms with Crippen LogP contribution in [-0.4, -0.2) is 29.4 Å². The quantitative estimate of drug-likeness (QED) is 0.687. The molecule has 19 heavy (non-hydrogen) atoms. The fourth-order valence-corrected chi connectivity index (χ4v) is 2.78. The lowest BCUT2D eigenvalue weighted by atomic mass is 9.85. The fourth-order valence-electron chi connectivity index (χ4n) is 2.78. The number of anilines is 1. The molecule has 3 N–H and O–H groups in total. The molecule has 1 amide bonds. The van der Waals surface area contributed by atoms with Gasteiger partial charge in [0.2, 0.25) is 0 Å². The van der Waals surface area contributed by atoms with E-state index < -0.39 is 6.09 Å². The third kappa shape index (κ3) is 2.46. The first-order valence-electron chi connectivity index (χ1n) is 6.49. The SMILES string of the molecule is COC(=O)NNc1cc2c(nn1)CC1CCCC2N1. The van der Waals surface area contributed by atoms with Crippen LogP contribution in [0.25, 0.3) is 0 Å². The molecule has 0 spiro atoms. The number of methoxy groups -OCH3 is 1. The number of ether oxygens (including phenoxy) is 1. The van der Waals surface area contributed by atoms with Crippen molar-refractivity contribution in [2.75, 3.05) is 12.5 Å². The molecular weight excluding hydrogens is 246 g/mol. The van der Waals surface area contributed by atoms with Crippen LogP contribution in [0, 0.1) is 0 Å². The Kier molecular flexibility index (Phi) is 3.20. The summed E-state index contributed by atoms with van der Waals surface area (Å²) in [7, 11) is 1.31. The number of hydrazine groups is 1. The van der Waals surface area contributed by atoms with Crippen molar-refractivity contribution in [3.8, 4) is 0 Å². The Morgan fingerprint density at radius 3 is 3.21 bits per heavy atom. The van der Waals surface area contributed by atoms with Crippen molar-refractivity contribution >= 4 is 11.9 Å². The van der Waals surface area contributed by atoms with E-state index in [0.717, 1.165) is 18.5 Å². The van der Waals surface area contributed by atoms with E-state index in [-0.39, 0.29) is 0 Å². The summed E-state index contributed by atoms with van der Waals surface area (Å²) in [6.45, 7) is 0. The Labute approximate surface area is 111 Å². The summed E-state index contributed by atoms with van der Waals surface area (Å²) in [5.74, 6) is 0.523. The van der Waals surface area contributed by atoms with Crippen LogP contribution < -0.4 is 16.2 Å². The van der Waals surface area contributed by atoms with Crippen LogP contribution in [0.1, 0.15) is 36.6 Å². The highest BCUT2D eigenvalue weighted by Gasteiger charge is 2.30. The minimum absolute atomic E-state index is 0.358. The van der Waals surface area contributed by atoms with Gasteiger partial charge >= 0.3 is 6.09 Å². The predicted molar refractivity (Wildman–Crippen MR) is 68.4 cm³/mol. The van der Waals surface area contributed by atoms with E-state index in [2.05, 4.69) is 31.1 Å². The van der Waals surface area contributed by atoms with E-state index in [9.17, 15) is 4.79 Å². The summed E-state index contributed by atoms with van der Waals surface area (Å²) in [6.07, 6.45) is 3.95. The second-order valence-corrected chi connectivity index (χ2v) is 4.92. The van der Waals surface area contributed by atoms with Gasteiger partial charge in [0.1, 0.15) is 0 Å². The van der Waals surface area contributed by atoms with Gasteiger partial charge in [-0.15, -0.1) is 5.10 Å². The van der Waals surface area contributed by atoms with Crippen molar-refractivity contribution in [2.24, 2.45) is 0 Å². The number of carbonyl (C=O) groups excluding carboxylic acids is 1. The number of nitrogens with zero attached hydrogens (tertiary/aromatic N) is 2. The highest BCUT2D eigenvalue weighted by Crippen LogP contribution is 2.33.